The number of para-hydroxylation sites is 1. The summed E-state index contributed by atoms with van der Waals surface area (Å²) in [5, 5.41) is 2.22. The second-order valence-electron chi connectivity index (χ2n) is 6.79. The van der Waals surface area contributed by atoms with Gasteiger partial charge < -0.3 is 19.7 Å². The first-order chi connectivity index (χ1) is 14.1. The lowest BCUT2D eigenvalue weighted by Gasteiger charge is -2.28. The first kappa shape index (κ1) is 19.3. The van der Waals surface area contributed by atoms with Crippen LogP contribution in [0.3, 0.4) is 0 Å². The monoisotopic (exact) mass is 412 g/mol. The summed E-state index contributed by atoms with van der Waals surface area (Å²) >= 11 is 0.722. The van der Waals surface area contributed by atoms with Gasteiger partial charge in [-0.15, -0.1) is 0 Å². The summed E-state index contributed by atoms with van der Waals surface area (Å²) in [6, 6.07) is 14.2. The SMILES string of the molecule is O=C1NC(Cc2ccc(OCCCN3COc4ccccc4C3=O)cc2)C(=O)S1. The molecule has 2 aliphatic rings. The van der Waals surface area contributed by atoms with Gasteiger partial charge in [0.05, 0.1) is 12.2 Å². The molecule has 1 saturated heterocycles. The number of hydrogen-bond acceptors (Lipinski definition) is 6. The van der Waals surface area contributed by atoms with E-state index in [9.17, 15) is 14.4 Å². The molecule has 1 atom stereocenters. The van der Waals surface area contributed by atoms with Crippen molar-refractivity contribution in [2.24, 2.45) is 0 Å². The second kappa shape index (κ2) is 8.57. The van der Waals surface area contributed by atoms with Crippen molar-refractivity contribution in [3.63, 3.8) is 0 Å². The van der Waals surface area contributed by atoms with Crippen molar-refractivity contribution in [1.29, 1.82) is 0 Å². The van der Waals surface area contributed by atoms with E-state index in [4.69, 9.17) is 9.47 Å². The molecule has 7 nitrogen and oxygen atoms in total. The Balaban J connectivity index is 1.22. The highest BCUT2D eigenvalue weighted by Gasteiger charge is 2.31. The number of carbonyl (C=O) groups excluding carboxylic acids is 3. The van der Waals surface area contributed by atoms with Gasteiger partial charge in [-0.1, -0.05) is 24.3 Å². The lowest BCUT2D eigenvalue weighted by molar-refractivity contribution is -0.112. The minimum atomic E-state index is -0.464. The molecule has 2 heterocycles. The van der Waals surface area contributed by atoms with Crippen LogP contribution in [0.15, 0.2) is 48.5 Å². The van der Waals surface area contributed by atoms with Crippen molar-refractivity contribution < 1.29 is 23.9 Å². The van der Waals surface area contributed by atoms with Gasteiger partial charge in [-0.2, -0.15) is 0 Å². The Morgan fingerprint density at radius 2 is 1.90 bits per heavy atom. The van der Waals surface area contributed by atoms with Crippen molar-refractivity contribution in [1.82, 2.24) is 10.2 Å². The maximum absolute atomic E-state index is 12.5. The number of rotatable bonds is 7. The maximum Gasteiger partial charge on any atom is 0.287 e. The lowest BCUT2D eigenvalue weighted by atomic mass is 10.1. The molecule has 29 heavy (non-hydrogen) atoms. The third-order valence-electron chi connectivity index (χ3n) is 4.75. The topological polar surface area (TPSA) is 84.9 Å². The van der Waals surface area contributed by atoms with Crippen LogP contribution in [0.4, 0.5) is 4.79 Å². The minimum absolute atomic E-state index is 0.0251. The quantitative estimate of drug-likeness (QED) is 0.704. The molecule has 8 heteroatoms. The standard InChI is InChI=1S/C21H20N2O5S/c24-19-16-4-1-2-5-18(16)28-13-23(19)10-3-11-27-15-8-6-14(7-9-15)12-17-20(25)29-21(26)22-17/h1-2,4-9,17H,3,10-13H2,(H,22,26). The molecule has 0 aromatic heterocycles. The van der Waals surface area contributed by atoms with Crippen molar-refractivity contribution in [3.05, 3.63) is 59.7 Å². The Labute approximate surface area is 172 Å². The molecule has 2 amide bonds. The normalized spacial score (nSPS) is 18.3. The van der Waals surface area contributed by atoms with Gasteiger partial charge in [0, 0.05) is 24.7 Å². The number of amides is 2. The average molecular weight is 412 g/mol. The number of hydrogen-bond donors (Lipinski definition) is 1. The number of nitrogens with zero attached hydrogens (tertiary/aromatic N) is 1. The van der Waals surface area contributed by atoms with Gasteiger partial charge in [0.2, 0.25) is 5.12 Å². The number of benzene rings is 2. The second-order valence-corrected chi connectivity index (χ2v) is 7.77. The van der Waals surface area contributed by atoms with Crippen LogP contribution in [0.1, 0.15) is 22.3 Å². The van der Waals surface area contributed by atoms with E-state index in [0.29, 0.717) is 37.3 Å². The Morgan fingerprint density at radius 1 is 1.10 bits per heavy atom. The summed E-state index contributed by atoms with van der Waals surface area (Å²) in [7, 11) is 0. The fourth-order valence-electron chi connectivity index (χ4n) is 3.24. The molecule has 1 fully saturated rings. The Morgan fingerprint density at radius 3 is 2.66 bits per heavy atom. The Bertz CT molecular complexity index is 931. The van der Waals surface area contributed by atoms with Gasteiger partial charge in [0.1, 0.15) is 17.5 Å². The van der Waals surface area contributed by atoms with E-state index in [1.54, 1.807) is 17.0 Å². The summed E-state index contributed by atoms with van der Waals surface area (Å²) < 4.78 is 11.4. The fraction of sp³-hybridized carbons (Fsp3) is 0.286. The number of thioether (sulfide) groups is 1. The largest absolute Gasteiger partial charge is 0.494 e. The van der Waals surface area contributed by atoms with Crippen LogP contribution in [0.2, 0.25) is 0 Å². The third-order valence-corrected chi connectivity index (χ3v) is 5.54. The predicted molar refractivity (Wildman–Crippen MR) is 108 cm³/mol. The Hall–Kier alpha value is -3.00. The summed E-state index contributed by atoms with van der Waals surface area (Å²) in [6.07, 6.45) is 1.15. The molecule has 2 aliphatic heterocycles. The summed E-state index contributed by atoms with van der Waals surface area (Å²) in [6.45, 7) is 1.27. The van der Waals surface area contributed by atoms with Crippen LogP contribution in [0.25, 0.3) is 0 Å². The molecule has 1 N–H and O–H groups in total. The van der Waals surface area contributed by atoms with Gasteiger partial charge in [-0.3, -0.25) is 14.4 Å². The number of ether oxygens (including phenoxy) is 2. The molecule has 0 saturated carbocycles. The fourth-order valence-corrected chi connectivity index (χ4v) is 3.91. The number of fused-ring (bicyclic) bond motifs is 1. The first-order valence-electron chi connectivity index (χ1n) is 9.35. The van der Waals surface area contributed by atoms with E-state index in [2.05, 4.69) is 5.32 Å². The molecule has 0 aliphatic carbocycles. The molecule has 150 valence electrons. The maximum atomic E-state index is 12.5. The minimum Gasteiger partial charge on any atom is -0.494 e. The highest BCUT2D eigenvalue weighted by atomic mass is 32.2. The van der Waals surface area contributed by atoms with Gasteiger partial charge >= 0.3 is 0 Å². The first-order valence-corrected chi connectivity index (χ1v) is 10.2. The highest BCUT2D eigenvalue weighted by molar-refractivity contribution is 8.26. The van der Waals surface area contributed by atoms with Gasteiger partial charge in [0.15, 0.2) is 6.73 Å². The van der Waals surface area contributed by atoms with Crippen LogP contribution in [0, 0.1) is 0 Å². The highest BCUT2D eigenvalue weighted by Crippen LogP contribution is 2.24. The molecule has 0 radical (unpaired) electrons. The molecular formula is C21H20N2O5S. The van der Waals surface area contributed by atoms with E-state index in [-0.39, 0.29) is 23.0 Å². The van der Waals surface area contributed by atoms with Crippen LogP contribution in [0.5, 0.6) is 11.5 Å². The van der Waals surface area contributed by atoms with E-state index < -0.39 is 6.04 Å². The summed E-state index contributed by atoms with van der Waals surface area (Å²) in [5.74, 6) is 1.32. The van der Waals surface area contributed by atoms with Crippen molar-refractivity contribution in [3.8, 4) is 11.5 Å². The zero-order valence-electron chi connectivity index (χ0n) is 15.6. The van der Waals surface area contributed by atoms with Crippen LogP contribution < -0.4 is 14.8 Å². The molecule has 2 aromatic carbocycles. The molecular weight excluding hydrogens is 392 g/mol. The molecule has 2 aromatic rings. The van der Waals surface area contributed by atoms with Gasteiger partial charge in [-0.05, 0) is 36.2 Å². The van der Waals surface area contributed by atoms with E-state index in [1.165, 1.54) is 0 Å². The molecule has 1 unspecified atom stereocenters. The number of nitrogens with one attached hydrogen (secondary N) is 1. The van der Waals surface area contributed by atoms with Crippen LogP contribution >= 0.6 is 11.8 Å². The summed E-state index contributed by atoms with van der Waals surface area (Å²) in [4.78, 5) is 37.0. The smallest absolute Gasteiger partial charge is 0.287 e. The lowest BCUT2D eigenvalue weighted by Crippen LogP contribution is -2.39. The van der Waals surface area contributed by atoms with E-state index in [0.717, 1.165) is 23.1 Å². The molecule has 0 spiro atoms. The van der Waals surface area contributed by atoms with Crippen LogP contribution in [-0.2, 0) is 11.2 Å². The molecule has 4 rings (SSSR count). The molecule has 0 bridgehead atoms. The van der Waals surface area contributed by atoms with E-state index >= 15 is 0 Å². The number of carbonyl (C=O) groups is 3. The van der Waals surface area contributed by atoms with Crippen molar-refractivity contribution >= 4 is 28.0 Å². The van der Waals surface area contributed by atoms with Gasteiger partial charge in [0.25, 0.3) is 11.1 Å². The van der Waals surface area contributed by atoms with E-state index in [1.807, 2.05) is 36.4 Å². The van der Waals surface area contributed by atoms with Crippen molar-refractivity contribution in [2.75, 3.05) is 19.9 Å². The predicted octanol–water partition coefficient (Wildman–Crippen LogP) is 2.84. The zero-order valence-corrected chi connectivity index (χ0v) is 16.4. The third kappa shape index (κ3) is 4.54. The average Bonchev–Trinajstić information content (AvgIpc) is 3.05. The van der Waals surface area contributed by atoms with Crippen LogP contribution in [-0.4, -0.2) is 47.1 Å². The van der Waals surface area contributed by atoms with Crippen molar-refractivity contribution in [2.45, 2.75) is 18.9 Å². The Kier molecular flexibility index (Phi) is 5.71. The summed E-state index contributed by atoms with van der Waals surface area (Å²) in [5.41, 5.74) is 1.54. The van der Waals surface area contributed by atoms with Gasteiger partial charge in [-0.25, -0.2) is 0 Å². The zero-order chi connectivity index (χ0) is 20.2.